The average molecular weight is 465 g/mol. The van der Waals surface area contributed by atoms with Gasteiger partial charge < -0.3 is 25.0 Å². The number of urea groups is 1. The third-order valence-corrected chi connectivity index (χ3v) is 6.25. The quantitative estimate of drug-likeness (QED) is 0.613. The van der Waals surface area contributed by atoms with Crippen LogP contribution < -0.4 is 20.3 Å². The number of amides is 2. The summed E-state index contributed by atoms with van der Waals surface area (Å²) < 4.78 is 10.9. The summed E-state index contributed by atoms with van der Waals surface area (Å²) >= 11 is 0. The molecule has 0 aliphatic carbocycles. The number of ether oxygens (including phenoxy) is 2. The van der Waals surface area contributed by atoms with E-state index in [-0.39, 0.29) is 12.6 Å². The van der Waals surface area contributed by atoms with E-state index in [1.807, 2.05) is 24.3 Å². The minimum Gasteiger partial charge on any atom is -0.496 e. The predicted molar refractivity (Wildman–Crippen MR) is 131 cm³/mol. The van der Waals surface area contributed by atoms with E-state index in [2.05, 4.69) is 51.6 Å². The van der Waals surface area contributed by atoms with Crippen molar-refractivity contribution >= 4 is 17.7 Å². The van der Waals surface area contributed by atoms with Crippen molar-refractivity contribution in [2.75, 3.05) is 51.3 Å². The summed E-state index contributed by atoms with van der Waals surface area (Å²) in [5.41, 5.74) is 4.15. The molecule has 34 heavy (non-hydrogen) atoms. The van der Waals surface area contributed by atoms with E-state index in [1.54, 1.807) is 14.0 Å². The number of nitrogens with zero attached hydrogens (tertiary/aromatic N) is 2. The van der Waals surface area contributed by atoms with Gasteiger partial charge in [-0.15, -0.1) is 0 Å². The van der Waals surface area contributed by atoms with Crippen LogP contribution in [0.1, 0.15) is 24.1 Å². The Morgan fingerprint density at radius 3 is 2.44 bits per heavy atom. The zero-order valence-electron chi connectivity index (χ0n) is 20.0. The number of carbonyl (C=O) groups excluding carboxylic acids is 2. The number of aryl methyl sites for hydroxylation is 1. The van der Waals surface area contributed by atoms with Crippen LogP contribution in [0.25, 0.3) is 0 Å². The Balaban J connectivity index is 1.57. The molecule has 8 heteroatoms. The molecule has 2 aromatic rings. The fourth-order valence-electron chi connectivity index (χ4n) is 4.47. The van der Waals surface area contributed by atoms with E-state index in [9.17, 15) is 9.59 Å². The first-order valence-corrected chi connectivity index (χ1v) is 11.6. The lowest BCUT2D eigenvalue weighted by atomic mass is 9.94. The van der Waals surface area contributed by atoms with Crippen LogP contribution in [0.2, 0.25) is 0 Å². The predicted octanol–water partition coefficient (Wildman–Crippen LogP) is 3.00. The summed E-state index contributed by atoms with van der Waals surface area (Å²) in [7, 11) is 1.57. The molecule has 4 rings (SSSR count). The molecule has 2 aromatic carbocycles. The minimum absolute atomic E-state index is 0.247. The van der Waals surface area contributed by atoms with Gasteiger partial charge in [-0.25, -0.2) is 9.59 Å². The highest BCUT2D eigenvalue weighted by Crippen LogP contribution is 2.33. The first kappa shape index (κ1) is 23.6. The second-order valence-electron chi connectivity index (χ2n) is 8.48. The Bertz CT molecular complexity index is 1060. The standard InChI is InChI=1S/C26H32N4O4/c1-4-34-25(31)23-21(27-26(32)28-24(23)20-7-5-6-8-22(20)33-3)17-29-13-15-30(16-14-29)19-11-9-18(2)10-12-19/h5-12,24H,4,13-17H2,1-3H3,(H2,27,28,32)/t24-/m0/s1. The summed E-state index contributed by atoms with van der Waals surface area (Å²) in [6.07, 6.45) is 0. The van der Waals surface area contributed by atoms with Crippen LogP contribution in [0.5, 0.6) is 5.75 Å². The van der Waals surface area contributed by atoms with Crippen molar-refractivity contribution < 1.29 is 19.1 Å². The highest BCUT2D eigenvalue weighted by molar-refractivity contribution is 5.95. The largest absolute Gasteiger partial charge is 0.496 e. The maximum Gasteiger partial charge on any atom is 0.338 e. The number of anilines is 1. The van der Waals surface area contributed by atoms with Crippen molar-refractivity contribution in [3.8, 4) is 5.75 Å². The zero-order valence-corrected chi connectivity index (χ0v) is 20.0. The molecule has 0 saturated carbocycles. The van der Waals surface area contributed by atoms with Gasteiger partial charge in [-0.05, 0) is 32.0 Å². The molecule has 0 unspecified atom stereocenters. The Morgan fingerprint density at radius 1 is 1.06 bits per heavy atom. The Kier molecular flexibility index (Phi) is 7.37. The topological polar surface area (TPSA) is 83.1 Å². The smallest absolute Gasteiger partial charge is 0.338 e. The zero-order chi connectivity index (χ0) is 24.1. The molecule has 1 fully saturated rings. The van der Waals surface area contributed by atoms with Crippen LogP contribution in [0.15, 0.2) is 59.8 Å². The van der Waals surface area contributed by atoms with E-state index < -0.39 is 12.0 Å². The molecule has 2 aliphatic heterocycles. The number of piperazine rings is 1. The molecule has 2 aliphatic rings. The lowest BCUT2D eigenvalue weighted by molar-refractivity contribution is -0.139. The average Bonchev–Trinajstić information content (AvgIpc) is 2.85. The Hall–Kier alpha value is -3.52. The normalized spacial score (nSPS) is 18.9. The number of carbonyl (C=O) groups is 2. The number of methoxy groups -OCH3 is 1. The number of rotatable bonds is 7. The van der Waals surface area contributed by atoms with Crippen LogP contribution >= 0.6 is 0 Å². The molecule has 180 valence electrons. The van der Waals surface area contributed by atoms with Gasteiger partial charge in [-0.2, -0.15) is 0 Å². The number of esters is 1. The Morgan fingerprint density at radius 2 is 1.76 bits per heavy atom. The van der Waals surface area contributed by atoms with E-state index in [4.69, 9.17) is 9.47 Å². The molecule has 0 spiro atoms. The van der Waals surface area contributed by atoms with E-state index >= 15 is 0 Å². The lowest BCUT2D eigenvalue weighted by Crippen LogP contribution is -2.51. The monoisotopic (exact) mass is 464 g/mol. The molecule has 8 nitrogen and oxygen atoms in total. The summed E-state index contributed by atoms with van der Waals surface area (Å²) in [6, 6.07) is 14.9. The van der Waals surface area contributed by atoms with E-state index in [1.165, 1.54) is 11.3 Å². The van der Waals surface area contributed by atoms with Crippen molar-refractivity contribution in [3.63, 3.8) is 0 Å². The molecule has 1 saturated heterocycles. The van der Waals surface area contributed by atoms with Gasteiger partial charge in [0.1, 0.15) is 5.75 Å². The molecule has 2 amide bonds. The third kappa shape index (κ3) is 5.17. The van der Waals surface area contributed by atoms with Gasteiger partial charge >= 0.3 is 12.0 Å². The maximum absolute atomic E-state index is 13.1. The number of para-hydroxylation sites is 1. The van der Waals surface area contributed by atoms with Crippen molar-refractivity contribution in [2.45, 2.75) is 19.9 Å². The molecule has 0 aromatic heterocycles. The highest BCUT2D eigenvalue weighted by atomic mass is 16.5. The molecular formula is C26H32N4O4. The van der Waals surface area contributed by atoms with Gasteiger partial charge in [0, 0.05) is 49.7 Å². The van der Waals surface area contributed by atoms with Crippen molar-refractivity contribution in [2.24, 2.45) is 0 Å². The van der Waals surface area contributed by atoms with Crippen LogP contribution in [-0.4, -0.2) is 63.3 Å². The first-order valence-electron chi connectivity index (χ1n) is 11.6. The highest BCUT2D eigenvalue weighted by Gasteiger charge is 2.36. The van der Waals surface area contributed by atoms with Gasteiger partial charge in [0.15, 0.2) is 0 Å². The number of hydrogen-bond acceptors (Lipinski definition) is 6. The van der Waals surface area contributed by atoms with E-state index in [0.717, 1.165) is 26.2 Å². The fraction of sp³-hybridized carbons (Fsp3) is 0.385. The van der Waals surface area contributed by atoms with Gasteiger partial charge in [-0.1, -0.05) is 35.9 Å². The molecule has 2 N–H and O–H groups in total. The second-order valence-corrected chi connectivity index (χ2v) is 8.48. The van der Waals surface area contributed by atoms with Gasteiger partial charge in [0.25, 0.3) is 0 Å². The Labute approximate surface area is 200 Å². The van der Waals surface area contributed by atoms with Crippen LogP contribution in [0.3, 0.4) is 0 Å². The van der Waals surface area contributed by atoms with Crippen LogP contribution in [0, 0.1) is 6.92 Å². The molecule has 0 radical (unpaired) electrons. The van der Waals surface area contributed by atoms with E-state index in [0.29, 0.717) is 29.1 Å². The molecule has 1 atom stereocenters. The second kappa shape index (κ2) is 10.6. The van der Waals surface area contributed by atoms with Crippen LogP contribution in [0.4, 0.5) is 10.5 Å². The van der Waals surface area contributed by atoms with Gasteiger partial charge in [0.05, 0.1) is 25.3 Å². The number of benzene rings is 2. The summed E-state index contributed by atoms with van der Waals surface area (Å²) in [5, 5.41) is 5.75. The van der Waals surface area contributed by atoms with Gasteiger partial charge in [-0.3, -0.25) is 4.90 Å². The minimum atomic E-state index is -0.659. The van der Waals surface area contributed by atoms with Crippen molar-refractivity contribution in [3.05, 3.63) is 70.9 Å². The summed E-state index contributed by atoms with van der Waals surface area (Å²) in [4.78, 5) is 30.3. The maximum atomic E-state index is 13.1. The molecule has 2 heterocycles. The van der Waals surface area contributed by atoms with Crippen molar-refractivity contribution in [1.82, 2.24) is 15.5 Å². The fourth-order valence-corrected chi connectivity index (χ4v) is 4.47. The number of nitrogens with one attached hydrogen (secondary N) is 2. The van der Waals surface area contributed by atoms with Crippen molar-refractivity contribution in [1.29, 1.82) is 0 Å². The first-order chi connectivity index (χ1) is 16.5. The summed E-state index contributed by atoms with van der Waals surface area (Å²) in [6.45, 7) is 7.93. The third-order valence-electron chi connectivity index (χ3n) is 6.25. The molecule has 0 bridgehead atoms. The van der Waals surface area contributed by atoms with Crippen LogP contribution in [-0.2, 0) is 9.53 Å². The van der Waals surface area contributed by atoms with Gasteiger partial charge in [0.2, 0.25) is 0 Å². The SMILES string of the molecule is CCOC(=O)C1=C(CN2CCN(c3ccc(C)cc3)CC2)NC(=O)N[C@H]1c1ccccc1OC. The molecular weight excluding hydrogens is 432 g/mol. The summed E-state index contributed by atoms with van der Waals surface area (Å²) in [5.74, 6) is 0.154. The lowest BCUT2D eigenvalue weighted by Gasteiger charge is -2.38. The number of hydrogen-bond donors (Lipinski definition) is 2.